The van der Waals surface area contributed by atoms with Gasteiger partial charge in [-0.2, -0.15) is 0 Å². The van der Waals surface area contributed by atoms with Gasteiger partial charge in [-0.3, -0.25) is 0 Å². The fourth-order valence-electron chi connectivity index (χ4n) is 2.53. The molecule has 1 N–H and O–H groups in total. The average Bonchev–Trinajstić information content (AvgIpc) is 2.27. The SMILES string of the molecule is CC(=CC(=O)O)CN1CCCc2cc(C)ccc21. The van der Waals surface area contributed by atoms with Crippen molar-refractivity contribution in [2.45, 2.75) is 26.7 Å². The summed E-state index contributed by atoms with van der Waals surface area (Å²) in [6.45, 7) is 5.68. The second-order valence-corrected chi connectivity index (χ2v) is 4.99. The molecule has 0 bridgehead atoms. The predicted octanol–water partition coefficient (Wildman–Crippen LogP) is 2.78. The summed E-state index contributed by atoms with van der Waals surface area (Å²) >= 11 is 0. The van der Waals surface area contributed by atoms with E-state index in [2.05, 4.69) is 30.0 Å². The van der Waals surface area contributed by atoms with Crippen molar-refractivity contribution in [1.82, 2.24) is 0 Å². The monoisotopic (exact) mass is 245 g/mol. The van der Waals surface area contributed by atoms with Gasteiger partial charge in [-0.15, -0.1) is 0 Å². The number of rotatable bonds is 3. The maximum absolute atomic E-state index is 10.6. The quantitative estimate of drug-likeness (QED) is 0.832. The zero-order chi connectivity index (χ0) is 13.1. The topological polar surface area (TPSA) is 40.5 Å². The van der Waals surface area contributed by atoms with Crippen LogP contribution in [0.25, 0.3) is 0 Å². The number of aliphatic carboxylic acids is 1. The Morgan fingerprint density at radius 2 is 2.28 bits per heavy atom. The number of fused-ring (bicyclic) bond motifs is 1. The zero-order valence-electron chi connectivity index (χ0n) is 10.9. The summed E-state index contributed by atoms with van der Waals surface area (Å²) in [7, 11) is 0. The van der Waals surface area contributed by atoms with Gasteiger partial charge < -0.3 is 10.0 Å². The first-order chi connectivity index (χ1) is 8.56. The minimum absolute atomic E-state index is 0.697. The molecule has 1 aliphatic heterocycles. The summed E-state index contributed by atoms with van der Waals surface area (Å²) in [6, 6.07) is 6.50. The lowest BCUT2D eigenvalue weighted by atomic mass is 9.99. The third-order valence-electron chi connectivity index (χ3n) is 3.26. The number of benzene rings is 1. The van der Waals surface area contributed by atoms with E-state index in [9.17, 15) is 4.79 Å². The van der Waals surface area contributed by atoms with E-state index in [0.717, 1.165) is 25.0 Å². The van der Waals surface area contributed by atoms with Gasteiger partial charge in [-0.1, -0.05) is 17.7 Å². The van der Waals surface area contributed by atoms with Crippen LogP contribution in [0.1, 0.15) is 24.5 Å². The highest BCUT2D eigenvalue weighted by molar-refractivity contribution is 5.80. The third-order valence-corrected chi connectivity index (χ3v) is 3.26. The number of hydrogen-bond donors (Lipinski definition) is 1. The summed E-state index contributed by atoms with van der Waals surface area (Å²) in [5, 5.41) is 8.75. The molecular weight excluding hydrogens is 226 g/mol. The van der Waals surface area contributed by atoms with Gasteiger partial charge in [0.2, 0.25) is 0 Å². The smallest absolute Gasteiger partial charge is 0.328 e. The lowest BCUT2D eigenvalue weighted by Crippen LogP contribution is -2.31. The molecule has 3 nitrogen and oxygen atoms in total. The number of aryl methyl sites for hydroxylation is 2. The maximum Gasteiger partial charge on any atom is 0.328 e. The highest BCUT2D eigenvalue weighted by atomic mass is 16.4. The van der Waals surface area contributed by atoms with Gasteiger partial charge in [0.15, 0.2) is 0 Å². The summed E-state index contributed by atoms with van der Waals surface area (Å²) in [5.74, 6) is -0.867. The van der Waals surface area contributed by atoms with Crippen LogP contribution >= 0.6 is 0 Å². The van der Waals surface area contributed by atoms with Gasteiger partial charge in [-0.05, 0) is 43.9 Å². The fraction of sp³-hybridized carbons (Fsp3) is 0.400. The van der Waals surface area contributed by atoms with Crippen LogP contribution in [0.15, 0.2) is 29.8 Å². The van der Waals surface area contributed by atoms with Crippen LogP contribution in [-0.4, -0.2) is 24.2 Å². The van der Waals surface area contributed by atoms with E-state index in [1.165, 1.54) is 22.9 Å². The Balaban J connectivity index is 2.20. The van der Waals surface area contributed by atoms with Crippen molar-refractivity contribution in [2.24, 2.45) is 0 Å². The fourth-order valence-corrected chi connectivity index (χ4v) is 2.53. The molecule has 18 heavy (non-hydrogen) atoms. The van der Waals surface area contributed by atoms with Crippen molar-refractivity contribution in [2.75, 3.05) is 18.0 Å². The molecule has 0 atom stereocenters. The summed E-state index contributed by atoms with van der Waals surface area (Å²) < 4.78 is 0. The van der Waals surface area contributed by atoms with Gasteiger partial charge in [0.05, 0.1) is 0 Å². The first-order valence-electron chi connectivity index (χ1n) is 6.31. The molecule has 0 fully saturated rings. The first kappa shape index (κ1) is 12.7. The van der Waals surface area contributed by atoms with E-state index in [1.807, 2.05) is 6.92 Å². The Morgan fingerprint density at radius 3 is 3.00 bits per heavy atom. The Bertz CT molecular complexity index is 491. The van der Waals surface area contributed by atoms with Gasteiger partial charge >= 0.3 is 5.97 Å². The molecule has 0 aromatic heterocycles. The molecule has 1 aliphatic rings. The molecule has 0 saturated carbocycles. The van der Waals surface area contributed by atoms with Gasteiger partial charge in [0.25, 0.3) is 0 Å². The van der Waals surface area contributed by atoms with Crippen LogP contribution in [0, 0.1) is 6.92 Å². The lowest BCUT2D eigenvalue weighted by Gasteiger charge is -2.31. The molecule has 1 aromatic carbocycles. The largest absolute Gasteiger partial charge is 0.478 e. The number of carboxylic acids is 1. The van der Waals surface area contributed by atoms with Crippen molar-refractivity contribution in [3.8, 4) is 0 Å². The van der Waals surface area contributed by atoms with Crippen molar-refractivity contribution >= 4 is 11.7 Å². The minimum atomic E-state index is -0.867. The van der Waals surface area contributed by atoms with Gasteiger partial charge in [0.1, 0.15) is 0 Å². The maximum atomic E-state index is 10.6. The number of nitrogens with zero attached hydrogens (tertiary/aromatic N) is 1. The Morgan fingerprint density at radius 1 is 1.50 bits per heavy atom. The molecule has 0 saturated heterocycles. The second kappa shape index (κ2) is 5.25. The Hall–Kier alpha value is -1.77. The van der Waals surface area contributed by atoms with E-state index in [4.69, 9.17) is 5.11 Å². The normalized spacial score (nSPS) is 15.4. The molecule has 1 aromatic rings. The molecule has 96 valence electrons. The molecule has 0 unspecified atom stereocenters. The van der Waals surface area contributed by atoms with Gasteiger partial charge in [0, 0.05) is 24.9 Å². The number of hydrogen-bond acceptors (Lipinski definition) is 2. The van der Waals surface area contributed by atoms with E-state index < -0.39 is 5.97 Å². The van der Waals surface area contributed by atoms with Crippen LogP contribution in [-0.2, 0) is 11.2 Å². The van der Waals surface area contributed by atoms with Crippen LogP contribution < -0.4 is 4.90 Å². The standard InChI is InChI=1S/C15H19NO2/c1-11-5-6-14-13(8-11)4-3-7-16(14)10-12(2)9-15(17)18/h5-6,8-9H,3-4,7,10H2,1-2H3,(H,17,18). The summed E-state index contributed by atoms with van der Waals surface area (Å²) in [4.78, 5) is 12.9. The highest BCUT2D eigenvalue weighted by Crippen LogP contribution is 2.28. The predicted molar refractivity (Wildman–Crippen MR) is 73.1 cm³/mol. The summed E-state index contributed by atoms with van der Waals surface area (Å²) in [5.41, 5.74) is 4.80. The number of carboxylic acid groups (broad SMARTS) is 1. The van der Waals surface area contributed by atoms with Crippen LogP contribution in [0.5, 0.6) is 0 Å². The van der Waals surface area contributed by atoms with E-state index in [-0.39, 0.29) is 0 Å². The average molecular weight is 245 g/mol. The Kier molecular flexibility index (Phi) is 3.70. The minimum Gasteiger partial charge on any atom is -0.478 e. The van der Waals surface area contributed by atoms with Crippen molar-refractivity contribution in [3.63, 3.8) is 0 Å². The molecule has 1 heterocycles. The Labute approximate surface area is 108 Å². The zero-order valence-corrected chi connectivity index (χ0v) is 10.9. The second-order valence-electron chi connectivity index (χ2n) is 4.99. The molecular formula is C15H19NO2. The van der Waals surface area contributed by atoms with Crippen molar-refractivity contribution < 1.29 is 9.90 Å². The van der Waals surface area contributed by atoms with E-state index in [1.54, 1.807) is 0 Å². The van der Waals surface area contributed by atoms with Crippen molar-refractivity contribution in [1.29, 1.82) is 0 Å². The molecule has 2 rings (SSSR count). The van der Waals surface area contributed by atoms with Crippen molar-refractivity contribution in [3.05, 3.63) is 41.0 Å². The van der Waals surface area contributed by atoms with E-state index >= 15 is 0 Å². The van der Waals surface area contributed by atoms with Crippen LogP contribution in [0.4, 0.5) is 5.69 Å². The van der Waals surface area contributed by atoms with E-state index in [0.29, 0.717) is 6.54 Å². The van der Waals surface area contributed by atoms with Crippen LogP contribution in [0.2, 0.25) is 0 Å². The first-order valence-corrected chi connectivity index (χ1v) is 6.31. The molecule has 0 spiro atoms. The summed E-state index contributed by atoms with van der Waals surface area (Å²) in [6.07, 6.45) is 3.55. The molecule has 0 amide bonds. The number of carbonyl (C=O) groups is 1. The third kappa shape index (κ3) is 2.92. The lowest BCUT2D eigenvalue weighted by molar-refractivity contribution is -0.131. The molecule has 3 heteroatoms. The molecule has 0 radical (unpaired) electrons. The molecule has 0 aliphatic carbocycles. The van der Waals surface area contributed by atoms with Gasteiger partial charge in [-0.25, -0.2) is 4.79 Å². The van der Waals surface area contributed by atoms with Crippen LogP contribution in [0.3, 0.4) is 0 Å². The highest BCUT2D eigenvalue weighted by Gasteiger charge is 2.16. The number of anilines is 1.